The minimum atomic E-state index is -0.787. The van der Waals surface area contributed by atoms with Gasteiger partial charge >= 0.3 is 17.9 Å². The van der Waals surface area contributed by atoms with Crippen LogP contribution in [0.5, 0.6) is 0 Å². The van der Waals surface area contributed by atoms with Crippen LogP contribution in [0.1, 0.15) is 342 Å². The summed E-state index contributed by atoms with van der Waals surface area (Å²) in [6.07, 6.45) is 96.9. The van der Waals surface area contributed by atoms with Gasteiger partial charge in [0.1, 0.15) is 13.2 Å². The molecule has 0 saturated carbocycles. The molecule has 6 nitrogen and oxygen atoms in total. The minimum Gasteiger partial charge on any atom is -0.462 e. The van der Waals surface area contributed by atoms with Gasteiger partial charge in [0.2, 0.25) is 0 Å². The summed E-state index contributed by atoms with van der Waals surface area (Å²) in [5, 5.41) is 0. The molecule has 0 radical (unpaired) electrons. The third-order valence-electron chi connectivity index (χ3n) is 15.3. The minimum absolute atomic E-state index is 0.0816. The van der Waals surface area contributed by atoms with Gasteiger partial charge in [-0.3, -0.25) is 14.4 Å². The van der Waals surface area contributed by atoms with Crippen LogP contribution in [0, 0.1) is 0 Å². The number of esters is 3. The summed E-state index contributed by atoms with van der Waals surface area (Å²) in [6, 6.07) is 0. The standard InChI is InChI=1S/C77H132O6/c1-4-7-10-13-16-19-22-24-26-28-30-32-34-36-38-40-42-44-46-48-50-52-55-58-61-64-67-70-76(79)82-73-74(72-81-75(78)69-66-63-60-57-54-21-18-15-12-9-6-3)83-77(80)71-68-65-62-59-56-53-51-49-47-45-43-41-39-37-35-33-31-29-27-25-23-20-17-14-11-8-5-2/h7,10,16,19,23-26,29-32,36,38,42,44,48,50,74H,4-6,8-9,11-15,17-18,20-22,27-28,33-35,37,39-41,43,45-47,49,51-73H2,1-3H3/b10-7-,19-16-,25-23-,26-24-,31-29-,32-30-,38-36-,44-42-,50-48-. The van der Waals surface area contributed by atoms with Gasteiger partial charge in [-0.15, -0.1) is 0 Å². The number of carbonyl (C=O) groups excluding carboxylic acids is 3. The summed E-state index contributed by atoms with van der Waals surface area (Å²) in [7, 11) is 0. The van der Waals surface area contributed by atoms with Crippen LogP contribution in [0.15, 0.2) is 109 Å². The molecule has 476 valence electrons. The second-order valence-corrected chi connectivity index (χ2v) is 23.4. The number of ether oxygens (including phenoxy) is 3. The van der Waals surface area contributed by atoms with Gasteiger partial charge in [-0.2, -0.15) is 0 Å². The Hall–Kier alpha value is -3.93. The van der Waals surface area contributed by atoms with Crippen molar-refractivity contribution in [1.82, 2.24) is 0 Å². The molecule has 0 aromatic heterocycles. The van der Waals surface area contributed by atoms with Crippen molar-refractivity contribution in [3.8, 4) is 0 Å². The molecule has 0 bridgehead atoms. The Balaban J connectivity index is 4.28. The summed E-state index contributed by atoms with van der Waals surface area (Å²) >= 11 is 0. The van der Waals surface area contributed by atoms with Crippen LogP contribution in [0.4, 0.5) is 0 Å². The highest BCUT2D eigenvalue weighted by Crippen LogP contribution is 2.17. The van der Waals surface area contributed by atoms with Gasteiger partial charge in [0.05, 0.1) is 0 Å². The van der Waals surface area contributed by atoms with E-state index in [0.29, 0.717) is 19.3 Å². The average Bonchev–Trinajstić information content (AvgIpc) is 3.48. The maximum Gasteiger partial charge on any atom is 0.306 e. The zero-order chi connectivity index (χ0) is 59.9. The predicted molar refractivity (Wildman–Crippen MR) is 362 cm³/mol. The van der Waals surface area contributed by atoms with E-state index in [1.54, 1.807) is 0 Å². The molecule has 0 spiro atoms. The number of allylic oxidation sites excluding steroid dienone is 18. The van der Waals surface area contributed by atoms with E-state index in [1.807, 2.05) is 0 Å². The molecule has 0 N–H and O–H groups in total. The highest BCUT2D eigenvalue weighted by molar-refractivity contribution is 5.71. The Bertz CT molecular complexity index is 1660. The van der Waals surface area contributed by atoms with Crippen molar-refractivity contribution < 1.29 is 28.6 Å². The molecule has 0 amide bonds. The van der Waals surface area contributed by atoms with Gasteiger partial charge in [0, 0.05) is 19.3 Å². The maximum atomic E-state index is 13.0. The molecule has 6 heteroatoms. The molecule has 0 aliphatic carbocycles. The van der Waals surface area contributed by atoms with Crippen LogP contribution in [-0.2, 0) is 28.6 Å². The van der Waals surface area contributed by atoms with E-state index < -0.39 is 6.10 Å². The summed E-state index contributed by atoms with van der Waals surface area (Å²) < 4.78 is 16.9. The van der Waals surface area contributed by atoms with E-state index in [4.69, 9.17) is 14.2 Å². The number of carbonyl (C=O) groups is 3. The lowest BCUT2D eigenvalue weighted by Gasteiger charge is -2.18. The van der Waals surface area contributed by atoms with Crippen molar-refractivity contribution in [2.24, 2.45) is 0 Å². The Morgan fingerprint density at radius 1 is 0.253 bits per heavy atom. The van der Waals surface area contributed by atoms with Crippen molar-refractivity contribution in [3.05, 3.63) is 109 Å². The van der Waals surface area contributed by atoms with Crippen LogP contribution >= 0.6 is 0 Å². The fraction of sp³-hybridized carbons (Fsp3) is 0.727. The quantitative estimate of drug-likeness (QED) is 0.0261. The number of hydrogen-bond donors (Lipinski definition) is 0. The first-order valence-electron chi connectivity index (χ1n) is 35.4. The Morgan fingerprint density at radius 3 is 0.735 bits per heavy atom. The number of rotatable bonds is 64. The zero-order valence-electron chi connectivity index (χ0n) is 54.7. The Kier molecular flexibility index (Phi) is 67.2. The lowest BCUT2D eigenvalue weighted by molar-refractivity contribution is -0.167. The van der Waals surface area contributed by atoms with Crippen LogP contribution in [0.3, 0.4) is 0 Å². The van der Waals surface area contributed by atoms with E-state index in [9.17, 15) is 14.4 Å². The summed E-state index contributed by atoms with van der Waals surface area (Å²) in [5.41, 5.74) is 0. The molecule has 0 aliphatic heterocycles. The molecule has 83 heavy (non-hydrogen) atoms. The van der Waals surface area contributed by atoms with E-state index in [0.717, 1.165) is 128 Å². The van der Waals surface area contributed by atoms with Crippen molar-refractivity contribution in [1.29, 1.82) is 0 Å². The van der Waals surface area contributed by atoms with Crippen molar-refractivity contribution in [2.75, 3.05) is 13.2 Å². The second-order valence-electron chi connectivity index (χ2n) is 23.4. The molecule has 0 aromatic carbocycles. The second kappa shape index (κ2) is 70.6. The van der Waals surface area contributed by atoms with Crippen LogP contribution < -0.4 is 0 Å². The van der Waals surface area contributed by atoms with Gasteiger partial charge in [0.15, 0.2) is 6.10 Å². The van der Waals surface area contributed by atoms with Crippen molar-refractivity contribution in [3.63, 3.8) is 0 Å². The summed E-state index contributed by atoms with van der Waals surface area (Å²) in [5.74, 6) is -0.889. The summed E-state index contributed by atoms with van der Waals surface area (Å²) in [6.45, 7) is 6.53. The number of hydrogen-bond acceptors (Lipinski definition) is 6. The van der Waals surface area contributed by atoms with Crippen molar-refractivity contribution >= 4 is 17.9 Å². The normalized spacial score (nSPS) is 12.8. The van der Waals surface area contributed by atoms with Gasteiger partial charge in [-0.25, -0.2) is 0 Å². The molecule has 0 rings (SSSR count). The molecule has 0 saturated heterocycles. The SMILES string of the molecule is CC/C=C\C/C=C\C/C=C\C/C=C\C/C=C\C/C=C\C/C=C\CCCCCCCC(=O)OCC(COC(=O)CCCCCCCCCCCCC)OC(=O)CCCCCCCCCCCCCCCCC/C=C\C/C=C\CCCCCCC. The van der Waals surface area contributed by atoms with Gasteiger partial charge in [0.25, 0.3) is 0 Å². The molecular formula is C77H132O6. The average molecular weight is 1150 g/mol. The first-order valence-corrected chi connectivity index (χ1v) is 35.4. The first kappa shape index (κ1) is 79.1. The van der Waals surface area contributed by atoms with E-state index in [-0.39, 0.29) is 31.1 Å². The molecule has 1 atom stereocenters. The van der Waals surface area contributed by atoms with E-state index >= 15 is 0 Å². The van der Waals surface area contributed by atoms with Gasteiger partial charge in [-0.05, 0) is 109 Å². The monoisotopic (exact) mass is 1150 g/mol. The topological polar surface area (TPSA) is 78.9 Å². The Labute approximate surface area is 514 Å². The summed E-state index contributed by atoms with van der Waals surface area (Å²) in [4.78, 5) is 38.4. The Morgan fingerprint density at radius 2 is 0.470 bits per heavy atom. The van der Waals surface area contributed by atoms with Gasteiger partial charge < -0.3 is 14.2 Å². The van der Waals surface area contributed by atoms with Crippen LogP contribution in [0.2, 0.25) is 0 Å². The first-order chi connectivity index (χ1) is 41.0. The highest BCUT2D eigenvalue weighted by atomic mass is 16.6. The smallest absolute Gasteiger partial charge is 0.306 e. The molecule has 0 aromatic rings. The molecule has 0 heterocycles. The maximum absolute atomic E-state index is 13.0. The number of unbranched alkanes of at least 4 members (excludes halogenated alkanes) is 35. The van der Waals surface area contributed by atoms with Crippen LogP contribution in [0.25, 0.3) is 0 Å². The fourth-order valence-corrected chi connectivity index (χ4v) is 9.99. The van der Waals surface area contributed by atoms with Crippen LogP contribution in [-0.4, -0.2) is 37.2 Å². The van der Waals surface area contributed by atoms with Gasteiger partial charge in [-0.1, -0.05) is 323 Å². The van der Waals surface area contributed by atoms with E-state index in [2.05, 4.69) is 130 Å². The molecule has 0 aliphatic rings. The molecule has 0 fully saturated rings. The lowest BCUT2D eigenvalue weighted by atomic mass is 10.0. The highest BCUT2D eigenvalue weighted by Gasteiger charge is 2.19. The molecular weight excluding hydrogens is 1020 g/mol. The fourth-order valence-electron chi connectivity index (χ4n) is 9.99. The largest absolute Gasteiger partial charge is 0.462 e. The third-order valence-corrected chi connectivity index (χ3v) is 15.3. The molecule has 1 unspecified atom stereocenters. The third kappa shape index (κ3) is 68.7. The lowest BCUT2D eigenvalue weighted by Crippen LogP contribution is -2.30. The zero-order valence-corrected chi connectivity index (χ0v) is 54.7. The van der Waals surface area contributed by atoms with E-state index in [1.165, 1.54) is 173 Å². The van der Waals surface area contributed by atoms with Crippen molar-refractivity contribution in [2.45, 2.75) is 348 Å². The predicted octanol–water partition coefficient (Wildman–Crippen LogP) is 24.6.